The van der Waals surface area contributed by atoms with E-state index in [2.05, 4.69) is 50.4 Å². The number of rotatable bonds is 5. The maximum atomic E-state index is 12.7. The van der Waals surface area contributed by atoms with Gasteiger partial charge >= 0.3 is 0 Å². The summed E-state index contributed by atoms with van der Waals surface area (Å²) < 4.78 is 0. The molecule has 110 valence electrons. The lowest BCUT2D eigenvalue weighted by atomic mass is 9.95. The summed E-state index contributed by atoms with van der Waals surface area (Å²) >= 11 is 0. The molecule has 1 amide bonds. The first-order valence-electron chi connectivity index (χ1n) is 7.74. The predicted octanol–water partition coefficient (Wildman–Crippen LogP) is 2.60. The highest BCUT2D eigenvalue weighted by Gasteiger charge is 2.27. The quantitative estimate of drug-likeness (QED) is 0.895. The highest BCUT2D eigenvalue weighted by molar-refractivity contribution is 5.82. The van der Waals surface area contributed by atoms with Gasteiger partial charge in [0.15, 0.2) is 0 Å². The largest absolute Gasteiger partial charge is 0.341 e. The Bertz CT molecular complexity index is 458. The fourth-order valence-corrected chi connectivity index (χ4v) is 2.73. The molecule has 0 fully saturated rings. The van der Waals surface area contributed by atoms with Crippen LogP contribution in [0.15, 0.2) is 24.3 Å². The molecule has 0 bridgehead atoms. The fraction of sp³-hybridized carbons (Fsp3) is 0.588. The van der Waals surface area contributed by atoms with E-state index < -0.39 is 0 Å². The number of hydrogen-bond donors (Lipinski definition) is 1. The molecule has 0 spiro atoms. The van der Waals surface area contributed by atoms with Crippen molar-refractivity contribution < 1.29 is 4.79 Å². The van der Waals surface area contributed by atoms with Gasteiger partial charge in [0.25, 0.3) is 0 Å². The van der Waals surface area contributed by atoms with E-state index in [0.29, 0.717) is 5.92 Å². The lowest BCUT2D eigenvalue weighted by Crippen LogP contribution is -2.50. The van der Waals surface area contributed by atoms with Crippen molar-refractivity contribution >= 4 is 5.91 Å². The summed E-state index contributed by atoms with van der Waals surface area (Å²) in [6, 6.07) is 8.34. The van der Waals surface area contributed by atoms with Crippen molar-refractivity contribution in [2.45, 2.75) is 46.2 Å². The average Bonchev–Trinajstić information content (AvgIpc) is 2.51. The molecule has 20 heavy (non-hydrogen) atoms. The molecule has 1 heterocycles. The molecule has 0 saturated heterocycles. The van der Waals surface area contributed by atoms with E-state index >= 15 is 0 Å². The van der Waals surface area contributed by atoms with Crippen LogP contribution in [-0.2, 0) is 17.8 Å². The monoisotopic (exact) mass is 274 g/mol. The van der Waals surface area contributed by atoms with Crippen molar-refractivity contribution in [1.82, 2.24) is 10.2 Å². The van der Waals surface area contributed by atoms with Crippen molar-refractivity contribution in [3.63, 3.8) is 0 Å². The summed E-state index contributed by atoms with van der Waals surface area (Å²) in [5.41, 5.74) is 2.63. The Hall–Kier alpha value is -1.35. The Morgan fingerprint density at radius 1 is 1.35 bits per heavy atom. The summed E-state index contributed by atoms with van der Waals surface area (Å²) in [4.78, 5) is 14.7. The van der Waals surface area contributed by atoms with Crippen molar-refractivity contribution in [2.75, 3.05) is 13.1 Å². The number of carbonyl (C=O) groups excluding carboxylic acids is 1. The van der Waals surface area contributed by atoms with Gasteiger partial charge in [-0.25, -0.2) is 0 Å². The molecular formula is C17H26N2O. The van der Waals surface area contributed by atoms with Crippen molar-refractivity contribution in [3.8, 4) is 0 Å². The number of likely N-dealkylation sites (N-methyl/N-ethyl adjacent to an activating group) is 1. The average molecular weight is 274 g/mol. The molecule has 1 N–H and O–H groups in total. The molecule has 1 aliphatic heterocycles. The molecule has 2 rings (SSSR count). The smallest absolute Gasteiger partial charge is 0.240 e. The molecule has 2 atom stereocenters. The predicted molar refractivity (Wildman–Crippen MR) is 82.5 cm³/mol. The molecule has 0 aliphatic carbocycles. The standard InChI is InChI=1S/C17H26N2O/c1-4-13(3)12-19(5-2)17(20)16-10-14-8-6-7-9-15(14)11-18-16/h6-9,13,16,18H,4-5,10-12H2,1-3H3. The van der Waals surface area contributed by atoms with E-state index in [1.807, 2.05) is 4.90 Å². The molecule has 0 aromatic heterocycles. The van der Waals surface area contributed by atoms with Gasteiger partial charge in [-0.2, -0.15) is 0 Å². The third-order valence-electron chi connectivity index (χ3n) is 4.30. The van der Waals surface area contributed by atoms with Gasteiger partial charge in [-0.15, -0.1) is 0 Å². The van der Waals surface area contributed by atoms with E-state index in [-0.39, 0.29) is 11.9 Å². The molecule has 1 aromatic carbocycles. The molecule has 0 radical (unpaired) electrons. The Morgan fingerprint density at radius 2 is 2.05 bits per heavy atom. The molecule has 3 nitrogen and oxygen atoms in total. The van der Waals surface area contributed by atoms with Gasteiger partial charge in [0.05, 0.1) is 6.04 Å². The van der Waals surface area contributed by atoms with Crippen LogP contribution < -0.4 is 5.32 Å². The Labute approximate surface area is 122 Å². The molecule has 3 heteroatoms. The Morgan fingerprint density at radius 3 is 2.70 bits per heavy atom. The van der Waals surface area contributed by atoms with E-state index in [9.17, 15) is 4.79 Å². The third-order valence-corrected chi connectivity index (χ3v) is 4.30. The normalized spacial score (nSPS) is 19.2. The number of fused-ring (bicyclic) bond motifs is 1. The number of nitrogens with one attached hydrogen (secondary N) is 1. The van der Waals surface area contributed by atoms with Gasteiger partial charge in [0.1, 0.15) is 0 Å². The summed E-state index contributed by atoms with van der Waals surface area (Å²) in [7, 11) is 0. The Kier molecular flexibility index (Phi) is 5.18. The Balaban J connectivity index is 2.03. The van der Waals surface area contributed by atoms with Crippen LogP contribution in [0.4, 0.5) is 0 Å². The minimum Gasteiger partial charge on any atom is -0.341 e. The topological polar surface area (TPSA) is 32.3 Å². The molecular weight excluding hydrogens is 248 g/mol. The second kappa shape index (κ2) is 6.89. The number of hydrogen-bond acceptors (Lipinski definition) is 2. The second-order valence-corrected chi connectivity index (χ2v) is 5.80. The summed E-state index contributed by atoms with van der Waals surface area (Å²) in [6.45, 7) is 8.91. The molecule has 1 aromatic rings. The van der Waals surface area contributed by atoms with E-state index in [0.717, 1.165) is 32.5 Å². The van der Waals surface area contributed by atoms with Crippen LogP contribution in [0.1, 0.15) is 38.3 Å². The van der Waals surface area contributed by atoms with Gasteiger partial charge in [-0.3, -0.25) is 4.79 Å². The number of benzene rings is 1. The SMILES string of the molecule is CCC(C)CN(CC)C(=O)C1Cc2ccccc2CN1. The molecule has 1 aliphatic rings. The highest BCUT2D eigenvalue weighted by atomic mass is 16.2. The van der Waals surface area contributed by atoms with Crippen LogP contribution in [0.3, 0.4) is 0 Å². The van der Waals surface area contributed by atoms with Crippen LogP contribution >= 0.6 is 0 Å². The van der Waals surface area contributed by atoms with Gasteiger partial charge in [-0.05, 0) is 30.4 Å². The number of nitrogens with zero attached hydrogens (tertiary/aromatic N) is 1. The summed E-state index contributed by atoms with van der Waals surface area (Å²) in [5.74, 6) is 0.817. The van der Waals surface area contributed by atoms with Gasteiger partial charge in [-0.1, -0.05) is 44.5 Å². The number of carbonyl (C=O) groups is 1. The molecule has 2 unspecified atom stereocenters. The molecule has 0 saturated carbocycles. The highest BCUT2D eigenvalue weighted by Crippen LogP contribution is 2.18. The van der Waals surface area contributed by atoms with E-state index in [1.165, 1.54) is 11.1 Å². The zero-order valence-corrected chi connectivity index (χ0v) is 12.9. The maximum Gasteiger partial charge on any atom is 0.240 e. The van der Waals surface area contributed by atoms with Crippen LogP contribution in [-0.4, -0.2) is 29.9 Å². The maximum absolute atomic E-state index is 12.7. The van der Waals surface area contributed by atoms with Crippen LogP contribution in [0, 0.1) is 5.92 Å². The number of amides is 1. The van der Waals surface area contributed by atoms with Gasteiger partial charge < -0.3 is 10.2 Å². The first-order chi connectivity index (χ1) is 9.65. The third kappa shape index (κ3) is 3.40. The van der Waals surface area contributed by atoms with Crippen LogP contribution in [0.2, 0.25) is 0 Å². The van der Waals surface area contributed by atoms with Crippen molar-refractivity contribution in [1.29, 1.82) is 0 Å². The van der Waals surface area contributed by atoms with Gasteiger partial charge in [0.2, 0.25) is 5.91 Å². The van der Waals surface area contributed by atoms with Gasteiger partial charge in [0, 0.05) is 19.6 Å². The fourth-order valence-electron chi connectivity index (χ4n) is 2.73. The lowest BCUT2D eigenvalue weighted by Gasteiger charge is -2.31. The lowest BCUT2D eigenvalue weighted by molar-refractivity contribution is -0.134. The minimum absolute atomic E-state index is 0.0612. The first-order valence-corrected chi connectivity index (χ1v) is 7.74. The first kappa shape index (κ1) is 15.0. The van der Waals surface area contributed by atoms with E-state index in [1.54, 1.807) is 0 Å². The second-order valence-electron chi connectivity index (χ2n) is 5.80. The summed E-state index contributed by atoms with van der Waals surface area (Å²) in [6.07, 6.45) is 1.93. The minimum atomic E-state index is -0.0612. The summed E-state index contributed by atoms with van der Waals surface area (Å²) in [5, 5.41) is 3.39. The van der Waals surface area contributed by atoms with Crippen LogP contribution in [0.5, 0.6) is 0 Å². The van der Waals surface area contributed by atoms with Crippen LogP contribution in [0.25, 0.3) is 0 Å². The van der Waals surface area contributed by atoms with E-state index in [4.69, 9.17) is 0 Å². The zero-order valence-electron chi connectivity index (χ0n) is 12.9. The zero-order chi connectivity index (χ0) is 14.5. The van der Waals surface area contributed by atoms with Crippen molar-refractivity contribution in [3.05, 3.63) is 35.4 Å². The van der Waals surface area contributed by atoms with Crippen molar-refractivity contribution in [2.24, 2.45) is 5.92 Å².